The van der Waals surface area contributed by atoms with Gasteiger partial charge in [-0.15, -0.1) is 0 Å². The second-order valence-electron chi connectivity index (χ2n) is 14.9. The molecule has 262 valence electrons. The summed E-state index contributed by atoms with van der Waals surface area (Å²) in [7, 11) is 0. The minimum atomic E-state index is 0.963. The zero-order valence-corrected chi connectivity index (χ0v) is 30.9. The Morgan fingerprint density at radius 1 is 0.304 bits per heavy atom. The van der Waals surface area contributed by atoms with Gasteiger partial charge in [0.25, 0.3) is 0 Å². The molecule has 56 heavy (non-hydrogen) atoms. The molecular formula is C55H37N. The Morgan fingerprint density at radius 2 is 0.929 bits per heavy atom. The van der Waals surface area contributed by atoms with Gasteiger partial charge in [0.15, 0.2) is 0 Å². The van der Waals surface area contributed by atoms with Crippen molar-refractivity contribution in [3.63, 3.8) is 0 Å². The zero-order chi connectivity index (χ0) is 37.0. The van der Waals surface area contributed by atoms with Crippen LogP contribution in [-0.4, -0.2) is 0 Å². The van der Waals surface area contributed by atoms with Crippen LogP contribution < -0.4 is 4.90 Å². The quantitative estimate of drug-likeness (QED) is 0.155. The Morgan fingerprint density at radius 3 is 1.80 bits per heavy atom. The molecule has 11 rings (SSSR count). The van der Waals surface area contributed by atoms with E-state index in [2.05, 4.69) is 217 Å². The highest BCUT2D eigenvalue weighted by molar-refractivity contribution is 6.14. The first-order valence-corrected chi connectivity index (χ1v) is 19.5. The first-order chi connectivity index (χ1) is 27.8. The second-order valence-corrected chi connectivity index (χ2v) is 14.9. The third-order valence-corrected chi connectivity index (χ3v) is 11.7. The van der Waals surface area contributed by atoms with Crippen LogP contribution in [0.3, 0.4) is 0 Å². The Hall–Kier alpha value is -7.22. The van der Waals surface area contributed by atoms with Gasteiger partial charge < -0.3 is 4.90 Å². The van der Waals surface area contributed by atoms with Crippen molar-refractivity contribution in [1.82, 2.24) is 0 Å². The van der Waals surface area contributed by atoms with Crippen molar-refractivity contribution in [3.8, 4) is 44.5 Å². The molecule has 0 unspecified atom stereocenters. The zero-order valence-electron chi connectivity index (χ0n) is 30.9. The first-order valence-electron chi connectivity index (χ1n) is 19.5. The maximum atomic E-state index is 2.44. The van der Waals surface area contributed by atoms with E-state index in [1.165, 1.54) is 88.0 Å². The van der Waals surface area contributed by atoms with Gasteiger partial charge in [-0.1, -0.05) is 170 Å². The Bertz CT molecular complexity index is 3120. The van der Waals surface area contributed by atoms with Gasteiger partial charge in [0, 0.05) is 16.9 Å². The number of para-hydroxylation sites is 1. The number of nitrogens with zero attached hydrogens (tertiary/aromatic N) is 1. The molecule has 0 saturated carbocycles. The molecule has 0 fully saturated rings. The van der Waals surface area contributed by atoms with Crippen LogP contribution in [0.2, 0.25) is 0 Å². The highest BCUT2D eigenvalue weighted by Crippen LogP contribution is 2.45. The van der Waals surface area contributed by atoms with Crippen LogP contribution in [0.1, 0.15) is 11.1 Å². The third kappa shape index (κ3) is 5.40. The SMILES string of the molecule is c1cc(-c2cc3ccccc3c3ccccc23)cc(N(c2ccc(-c3cccc4c3Cc3ccccc3-4)cc2)c2ccccc2-c2ccc3ccccc3c2)c1. The smallest absolute Gasteiger partial charge is 0.0540 e. The minimum Gasteiger partial charge on any atom is -0.310 e. The molecule has 0 N–H and O–H groups in total. The summed E-state index contributed by atoms with van der Waals surface area (Å²) >= 11 is 0. The lowest BCUT2D eigenvalue weighted by Gasteiger charge is -2.29. The summed E-state index contributed by atoms with van der Waals surface area (Å²) in [6.07, 6.45) is 0.963. The van der Waals surface area contributed by atoms with Gasteiger partial charge in [-0.3, -0.25) is 0 Å². The minimum absolute atomic E-state index is 0.963. The molecule has 0 radical (unpaired) electrons. The van der Waals surface area contributed by atoms with E-state index in [-0.39, 0.29) is 0 Å². The van der Waals surface area contributed by atoms with E-state index in [1.807, 2.05) is 0 Å². The van der Waals surface area contributed by atoms with E-state index < -0.39 is 0 Å². The highest BCUT2D eigenvalue weighted by Gasteiger charge is 2.22. The normalized spacial score (nSPS) is 11.9. The lowest BCUT2D eigenvalue weighted by Crippen LogP contribution is -2.11. The van der Waals surface area contributed by atoms with Crippen molar-refractivity contribution >= 4 is 49.4 Å². The molecule has 10 aromatic rings. The monoisotopic (exact) mass is 711 g/mol. The number of fused-ring (bicyclic) bond motifs is 7. The summed E-state index contributed by atoms with van der Waals surface area (Å²) in [5.41, 5.74) is 16.2. The Labute approximate surface area is 327 Å². The van der Waals surface area contributed by atoms with Crippen LogP contribution in [0.4, 0.5) is 17.1 Å². The van der Waals surface area contributed by atoms with Crippen LogP contribution in [-0.2, 0) is 6.42 Å². The standard InChI is InChI=1S/C55H37N/c1-2-14-39-33-43(28-27-37(39)13-1)49-21-9-10-26-55(49)56(44-31-29-38(30-32-44)46-24-12-25-51-48-20-6-4-16-42(48)36-54(46)51)45-18-11-17-40(34-45)53-35-41-15-3-5-19-47(41)50-22-7-8-23-52(50)53/h1-35H,36H2. The van der Waals surface area contributed by atoms with Gasteiger partial charge in [0.1, 0.15) is 0 Å². The Balaban J connectivity index is 1.08. The number of benzene rings is 10. The summed E-state index contributed by atoms with van der Waals surface area (Å²) in [6, 6.07) is 78.0. The first kappa shape index (κ1) is 32.2. The van der Waals surface area contributed by atoms with E-state index >= 15 is 0 Å². The fraction of sp³-hybridized carbons (Fsp3) is 0.0182. The molecule has 1 nitrogen and oxygen atoms in total. The molecule has 0 spiro atoms. The summed E-state index contributed by atoms with van der Waals surface area (Å²) in [4.78, 5) is 2.44. The van der Waals surface area contributed by atoms with Crippen molar-refractivity contribution in [1.29, 1.82) is 0 Å². The van der Waals surface area contributed by atoms with Crippen molar-refractivity contribution in [2.45, 2.75) is 6.42 Å². The summed E-state index contributed by atoms with van der Waals surface area (Å²) < 4.78 is 0. The number of hydrogen-bond donors (Lipinski definition) is 0. The molecule has 0 atom stereocenters. The molecule has 10 aromatic carbocycles. The largest absolute Gasteiger partial charge is 0.310 e. The average molecular weight is 712 g/mol. The molecule has 1 aliphatic carbocycles. The summed E-state index contributed by atoms with van der Waals surface area (Å²) in [6.45, 7) is 0. The molecule has 0 heterocycles. The third-order valence-electron chi connectivity index (χ3n) is 11.7. The summed E-state index contributed by atoms with van der Waals surface area (Å²) in [5.74, 6) is 0. The molecule has 0 saturated heterocycles. The number of rotatable bonds is 6. The maximum absolute atomic E-state index is 2.44. The van der Waals surface area contributed by atoms with E-state index in [0.29, 0.717) is 0 Å². The van der Waals surface area contributed by atoms with Crippen LogP contribution in [0.15, 0.2) is 212 Å². The van der Waals surface area contributed by atoms with Gasteiger partial charge >= 0.3 is 0 Å². The van der Waals surface area contributed by atoms with Crippen molar-refractivity contribution in [3.05, 3.63) is 223 Å². The predicted molar refractivity (Wildman–Crippen MR) is 238 cm³/mol. The van der Waals surface area contributed by atoms with E-state index in [0.717, 1.165) is 23.5 Å². The Kier molecular flexibility index (Phi) is 7.64. The van der Waals surface area contributed by atoms with E-state index in [9.17, 15) is 0 Å². The summed E-state index contributed by atoms with van der Waals surface area (Å²) in [5, 5.41) is 7.53. The van der Waals surface area contributed by atoms with E-state index in [1.54, 1.807) is 0 Å². The molecule has 1 heteroatoms. The molecule has 0 aliphatic heterocycles. The highest BCUT2D eigenvalue weighted by atomic mass is 15.1. The number of hydrogen-bond acceptors (Lipinski definition) is 1. The van der Waals surface area contributed by atoms with Crippen LogP contribution in [0, 0.1) is 0 Å². The van der Waals surface area contributed by atoms with E-state index in [4.69, 9.17) is 0 Å². The molecule has 1 aliphatic rings. The lowest BCUT2D eigenvalue weighted by atomic mass is 9.93. The van der Waals surface area contributed by atoms with Crippen LogP contribution in [0.25, 0.3) is 76.8 Å². The number of anilines is 3. The van der Waals surface area contributed by atoms with Gasteiger partial charge in [-0.05, 0) is 131 Å². The van der Waals surface area contributed by atoms with Crippen LogP contribution in [0.5, 0.6) is 0 Å². The molecule has 0 bridgehead atoms. The van der Waals surface area contributed by atoms with Crippen molar-refractivity contribution in [2.24, 2.45) is 0 Å². The van der Waals surface area contributed by atoms with Crippen molar-refractivity contribution < 1.29 is 0 Å². The fourth-order valence-electron chi connectivity index (χ4n) is 9.02. The predicted octanol–water partition coefficient (Wildman–Crippen LogP) is 15.2. The van der Waals surface area contributed by atoms with Gasteiger partial charge in [-0.2, -0.15) is 0 Å². The fourth-order valence-corrected chi connectivity index (χ4v) is 9.02. The average Bonchev–Trinajstić information content (AvgIpc) is 3.66. The molecular weight excluding hydrogens is 675 g/mol. The van der Waals surface area contributed by atoms with Gasteiger partial charge in [0.05, 0.1) is 5.69 Å². The lowest BCUT2D eigenvalue weighted by molar-refractivity contribution is 1.26. The maximum Gasteiger partial charge on any atom is 0.0540 e. The molecule has 0 amide bonds. The van der Waals surface area contributed by atoms with Crippen LogP contribution >= 0.6 is 0 Å². The van der Waals surface area contributed by atoms with Crippen molar-refractivity contribution in [2.75, 3.05) is 4.90 Å². The van der Waals surface area contributed by atoms with Gasteiger partial charge in [-0.25, -0.2) is 0 Å². The molecule has 0 aromatic heterocycles. The van der Waals surface area contributed by atoms with Gasteiger partial charge in [0.2, 0.25) is 0 Å². The topological polar surface area (TPSA) is 3.24 Å². The second kappa shape index (κ2) is 13.3.